The number of aromatic nitrogens is 3. The number of rotatable bonds is 3. The maximum Gasteiger partial charge on any atom is 0.356 e. The van der Waals surface area contributed by atoms with E-state index in [-0.39, 0.29) is 16.7 Å². The Bertz CT molecular complexity index is 875. The van der Waals surface area contributed by atoms with Crippen molar-refractivity contribution in [3.05, 3.63) is 33.9 Å². The first-order valence-corrected chi connectivity index (χ1v) is 9.37. The second-order valence-corrected chi connectivity index (χ2v) is 8.26. The zero-order chi connectivity index (χ0) is 17.2. The van der Waals surface area contributed by atoms with Gasteiger partial charge in [-0.05, 0) is 63.2 Å². The number of esters is 1. The third-order valence-corrected chi connectivity index (χ3v) is 6.53. The molecule has 0 radical (unpaired) electrons. The van der Waals surface area contributed by atoms with Crippen LogP contribution in [0.4, 0.5) is 0 Å². The molecule has 6 nitrogen and oxygen atoms in total. The van der Waals surface area contributed by atoms with Crippen LogP contribution in [0, 0.1) is 17.8 Å². The highest BCUT2D eigenvalue weighted by Gasteiger charge is 2.52. The summed E-state index contributed by atoms with van der Waals surface area (Å²) in [6.07, 6.45) is 7.57. The number of nitrogens with zero attached hydrogens (tertiary/aromatic N) is 2. The summed E-state index contributed by atoms with van der Waals surface area (Å²) < 4.78 is 6.36. The van der Waals surface area contributed by atoms with E-state index in [1.165, 1.54) is 23.8 Å². The number of H-pyrrole nitrogens is 1. The van der Waals surface area contributed by atoms with Gasteiger partial charge in [0.15, 0.2) is 5.65 Å². The fraction of sp³-hybridized carbons (Fsp3) is 0.632. The van der Waals surface area contributed by atoms with Gasteiger partial charge in [-0.1, -0.05) is 0 Å². The molecule has 4 aliphatic rings. The van der Waals surface area contributed by atoms with E-state index in [0.29, 0.717) is 12.3 Å². The highest BCUT2D eigenvalue weighted by Crippen LogP contribution is 2.60. The van der Waals surface area contributed by atoms with Gasteiger partial charge in [-0.3, -0.25) is 9.89 Å². The van der Waals surface area contributed by atoms with Gasteiger partial charge in [-0.15, -0.1) is 0 Å². The minimum absolute atomic E-state index is 0.0734. The molecular formula is C19H23N3O3. The van der Waals surface area contributed by atoms with Gasteiger partial charge in [0.05, 0.1) is 12.3 Å². The summed E-state index contributed by atoms with van der Waals surface area (Å²) in [5.74, 6) is 1.94. The number of ether oxygens (including phenoxy) is 1. The van der Waals surface area contributed by atoms with Crippen molar-refractivity contribution in [1.29, 1.82) is 0 Å². The molecule has 2 heterocycles. The van der Waals surface area contributed by atoms with Crippen LogP contribution >= 0.6 is 0 Å². The minimum atomic E-state index is -0.455. The molecule has 6 heteroatoms. The number of hydrogen-bond acceptors (Lipinski definition) is 4. The van der Waals surface area contributed by atoms with E-state index in [0.717, 1.165) is 42.7 Å². The summed E-state index contributed by atoms with van der Waals surface area (Å²) in [6.45, 7) is 2.06. The van der Waals surface area contributed by atoms with E-state index in [2.05, 4.69) is 5.10 Å². The number of hydrogen-bond donors (Lipinski definition) is 1. The molecule has 0 aliphatic heterocycles. The lowest BCUT2D eigenvalue weighted by Crippen LogP contribution is -2.49. The Morgan fingerprint density at radius 2 is 1.88 bits per heavy atom. The molecular weight excluding hydrogens is 318 g/mol. The van der Waals surface area contributed by atoms with Crippen molar-refractivity contribution in [1.82, 2.24) is 14.6 Å². The summed E-state index contributed by atoms with van der Waals surface area (Å²) >= 11 is 0. The highest BCUT2D eigenvalue weighted by molar-refractivity contribution is 5.88. The normalized spacial score (nSPS) is 33.1. The minimum Gasteiger partial charge on any atom is -0.461 e. The van der Waals surface area contributed by atoms with Crippen LogP contribution < -0.4 is 5.56 Å². The monoisotopic (exact) mass is 341 g/mol. The van der Waals surface area contributed by atoms with Crippen LogP contribution in [-0.2, 0) is 10.2 Å². The van der Waals surface area contributed by atoms with Crippen molar-refractivity contribution in [3.63, 3.8) is 0 Å². The fourth-order valence-corrected chi connectivity index (χ4v) is 6.00. The van der Waals surface area contributed by atoms with Crippen LogP contribution in [0.3, 0.4) is 0 Å². The maximum atomic E-state index is 12.6. The third kappa shape index (κ3) is 2.26. The molecule has 4 bridgehead atoms. The predicted molar refractivity (Wildman–Crippen MR) is 91.6 cm³/mol. The van der Waals surface area contributed by atoms with Crippen LogP contribution in [0.25, 0.3) is 5.65 Å². The number of nitrogens with one attached hydrogen (secondary N) is 1. The topological polar surface area (TPSA) is 76.5 Å². The smallest absolute Gasteiger partial charge is 0.356 e. The van der Waals surface area contributed by atoms with Gasteiger partial charge < -0.3 is 4.74 Å². The predicted octanol–water partition coefficient (Wildman–Crippen LogP) is 2.67. The van der Waals surface area contributed by atoms with E-state index < -0.39 is 5.97 Å². The molecule has 2 aromatic heterocycles. The van der Waals surface area contributed by atoms with Gasteiger partial charge in [-0.2, -0.15) is 0 Å². The molecule has 0 unspecified atom stereocenters. The standard InChI is InChI=1S/C19H23N3O3/c1-2-25-18(24)14-6-16-20-15(7-17(23)22(16)21-14)19-8-11-3-12(9-19)5-13(4-11)10-19/h6-7,11-13,21H,2-5,8-10H2,1H3. The molecule has 4 fully saturated rings. The Morgan fingerprint density at radius 3 is 2.48 bits per heavy atom. The molecule has 6 rings (SSSR count). The Labute approximate surface area is 145 Å². The number of carbonyl (C=O) groups excluding carboxylic acids is 1. The van der Waals surface area contributed by atoms with Gasteiger partial charge in [0, 0.05) is 17.5 Å². The summed E-state index contributed by atoms with van der Waals surface area (Å²) in [6, 6.07) is 3.31. The zero-order valence-corrected chi connectivity index (χ0v) is 14.5. The van der Waals surface area contributed by atoms with Crippen molar-refractivity contribution >= 4 is 11.6 Å². The number of aromatic amines is 1. The molecule has 0 aromatic carbocycles. The van der Waals surface area contributed by atoms with Crippen LogP contribution in [0.15, 0.2) is 16.9 Å². The van der Waals surface area contributed by atoms with Crippen molar-refractivity contribution in [2.75, 3.05) is 6.61 Å². The van der Waals surface area contributed by atoms with Crippen molar-refractivity contribution < 1.29 is 9.53 Å². The fourth-order valence-electron chi connectivity index (χ4n) is 6.00. The molecule has 0 amide bonds. The average molecular weight is 341 g/mol. The van der Waals surface area contributed by atoms with Crippen LogP contribution in [-0.4, -0.2) is 27.2 Å². The number of carbonyl (C=O) groups is 1. The van der Waals surface area contributed by atoms with Crippen molar-refractivity contribution in [2.24, 2.45) is 17.8 Å². The van der Waals surface area contributed by atoms with E-state index in [9.17, 15) is 9.59 Å². The molecule has 0 saturated heterocycles. The maximum absolute atomic E-state index is 12.6. The zero-order valence-electron chi connectivity index (χ0n) is 14.5. The van der Waals surface area contributed by atoms with E-state index >= 15 is 0 Å². The second kappa shape index (κ2) is 5.19. The van der Waals surface area contributed by atoms with E-state index in [1.54, 1.807) is 19.1 Å². The van der Waals surface area contributed by atoms with Gasteiger partial charge in [0.25, 0.3) is 5.56 Å². The summed E-state index contributed by atoms with van der Waals surface area (Å²) in [5, 5.41) is 2.82. The Morgan fingerprint density at radius 1 is 1.24 bits per heavy atom. The summed E-state index contributed by atoms with van der Waals surface area (Å²) in [4.78, 5) is 29.4. The van der Waals surface area contributed by atoms with Crippen LogP contribution in [0.5, 0.6) is 0 Å². The Kier molecular flexibility index (Phi) is 3.15. The molecule has 0 spiro atoms. The lowest BCUT2D eigenvalue weighted by molar-refractivity contribution is -0.00719. The first-order chi connectivity index (χ1) is 12.1. The van der Waals surface area contributed by atoms with Gasteiger partial charge in [0.1, 0.15) is 5.69 Å². The first-order valence-electron chi connectivity index (χ1n) is 9.37. The Balaban J connectivity index is 1.58. The second-order valence-electron chi connectivity index (χ2n) is 8.26. The SMILES string of the molecule is CCOC(=O)c1cc2nc(C34CC5CC(CC(C5)C3)C4)cc(=O)n2[nH]1. The van der Waals surface area contributed by atoms with Crippen molar-refractivity contribution in [2.45, 2.75) is 50.9 Å². The van der Waals surface area contributed by atoms with E-state index in [1.807, 2.05) is 0 Å². The largest absolute Gasteiger partial charge is 0.461 e. The van der Waals surface area contributed by atoms with Crippen LogP contribution in [0.2, 0.25) is 0 Å². The van der Waals surface area contributed by atoms with E-state index in [4.69, 9.17) is 9.72 Å². The molecule has 25 heavy (non-hydrogen) atoms. The quantitative estimate of drug-likeness (QED) is 0.871. The molecule has 4 aliphatic carbocycles. The highest BCUT2D eigenvalue weighted by atomic mass is 16.5. The van der Waals surface area contributed by atoms with Gasteiger partial charge >= 0.3 is 5.97 Å². The summed E-state index contributed by atoms with van der Waals surface area (Å²) in [7, 11) is 0. The first kappa shape index (κ1) is 15.2. The molecule has 132 valence electrons. The van der Waals surface area contributed by atoms with Crippen molar-refractivity contribution in [3.8, 4) is 0 Å². The Hall–Kier alpha value is -2.11. The van der Waals surface area contributed by atoms with Gasteiger partial charge in [0.2, 0.25) is 0 Å². The molecule has 2 aromatic rings. The number of fused-ring (bicyclic) bond motifs is 1. The molecule has 0 atom stereocenters. The lowest BCUT2D eigenvalue weighted by atomic mass is 9.49. The molecule has 4 saturated carbocycles. The molecule has 1 N–H and O–H groups in total. The van der Waals surface area contributed by atoms with Crippen LogP contribution in [0.1, 0.15) is 61.6 Å². The lowest BCUT2D eigenvalue weighted by Gasteiger charge is -2.56. The van der Waals surface area contributed by atoms with Gasteiger partial charge in [-0.25, -0.2) is 14.3 Å². The third-order valence-electron chi connectivity index (χ3n) is 6.53. The average Bonchev–Trinajstić information content (AvgIpc) is 2.99. The summed E-state index contributed by atoms with van der Waals surface area (Å²) in [5.41, 5.74) is 1.65.